The molecule has 5 heteroatoms. The molecule has 3 rings (SSSR count). The van der Waals surface area contributed by atoms with Gasteiger partial charge in [-0.25, -0.2) is 9.67 Å². The van der Waals surface area contributed by atoms with Crippen LogP contribution in [-0.4, -0.2) is 19.3 Å². The Balaban J connectivity index is 2.13. The monoisotopic (exact) mass is 258 g/mol. The Morgan fingerprint density at radius 3 is 2.74 bits per heavy atom. The molecular formula is C14H18N4O. The van der Waals surface area contributed by atoms with Gasteiger partial charge in [-0.15, -0.1) is 0 Å². The van der Waals surface area contributed by atoms with Crippen molar-refractivity contribution >= 4 is 0 Å². The maximum Gasteiger partial charge on any atom is 0.295 e. The van der Waals surface area contributed by atoms with Crippen LogP contribution in [-0.2, 0) is 12.8 Å². The average molecular weight is 258 g/mol. The van der Waals surface area contributed by atoms with Crippen molar-refractivity contribution in [2.24, 2.45) is 0 Å². The summed E-state index contributed by atoms with van der Waals surface area (Å²) in [5, 5.41) is 4.49. The lowest BCUT2D eigenvalue weighted by Gasteiger charge is -2.07. The van der Waals surface area contributed by atoms with Crippen molar-refractivity contribution in [3.05, 3.63) is 40.2 Å². The van der Waals surface area contributed by atoms with Crippen molar-refractivity contribution < 1.29 is 0 Å². The molecular weight excluding hydrogens is 240 g/mol. The van der Waals surface area contributed by atoms with Crippen LogP contribution >= 0.6 is 0 Å². The molecule has 0 amide bonds. The first kappa shape index (κ1) is 12.1. The van der Waals surface area contributed by atoms with Gasteiger partial charge in [-0.1, -0.05) is 13.8 Å². The van der Waals surface area contributed by atoms with E-state index in [0.717, 1.165) is 37.1 Å². The highest BCUT2D eigenvalue weighted by molar-refractivity contribution is 5.24. The van der Waals surface area contributed by atoms with E-state index in [-0.39, 0.29) is 5.56 Å². The second-order valence-electron chi connectivity index (χ2n) is 4.94. The van der Waals surface area contributed by atoms with Gasteiger partial charge in [-0.05, 0) is 31.7 Å². The van der Waals surface area contributed by atoms with Crippen molar-refractivity contribution in [3.63, 3.8) is 0 Å². The minimum atomic E-state index is -0.0366. The molecule has 1 saturated carbocycles. The standard InChI is InChI=1S/C14H18N4O/c1-3-10-9-11(4-2)18(16-10)13-14(19)17(8-7-15-13)12-5-6-12/h7-9,12H,3-6H2,1-2H3. The van der Waals surface area contributed by atoms with E-state index in [1.165, 1.54) is 0 Å². The summed E-state index contributed by atoms with van der Waals surface area (Å²) in [6.45, 7) is 4.13. The van der Waals surface area contributed by atoms with Gasteiger partial charge in [0.25, 0.3) is 5.56 Å². The maximum absolute atomic E-state index is 12.5. The van der Waals surface area contributed by atoms with Crippen molar-refractivity contribution in [3.8, 4) is 5.82 Å². The highest BCUT2D eigenvalue weighted by Crippen LogP contribution is 2.33. The molecule has 0 bridgehead atoms. The predicted molar refractivity (Wildman–Crippen MR) is 72.6 cm³/mol. The highest BCUT2D eigenvalue weighted by Gasteiger charge is 2.26. The van der Waals surface area contributed by atoms with Crippen LogP contribution in [0.15, 0.2) is 23.3 Å². The van der Waals surface area contributed by atoms with Crippen molar-refractivity contribution in [1.29, 1.82) is 0 Å². The first-order valence-electron chi connectivity index (χ1n) is 6.90. The molecule has 0 aromatic carbocycles. The van der Waals surface area contributed by atoms with Gasteiger partial charge in [0.05, 0.1) is 5.69 Å². The van der Waals surface area contributed by atoms with Crippen LogP contribution in [0.5, 0.6) is 0 Å². The molecule has 0 saturated heterocycles. The summed E-state index contributed by atoms with van der Waals surface area (Å²) in [5.74, 6) is 0.422. The molecule has 0 spiro atoms. The van der Waals surface area contributed by atoms with E-state index < -0.39 is 0 Å². The first-order valence-corrected chi connectivity index (χ1v) is 6.90. The Bertz CT molecular complexity index is 652. The predicted octanol–water partition coefficient (Wildman–Crippen LogP) is 1.89. The fourth-order valence-corrected chi connectivity index (χ4v) is 2.28. The highest BCUT2D eigenvalue weighted by atomic mass is 16.1. The zero-order valence-corrected chi connectivity index (χ0v) is 11.3. The molecule has 0 atom stereocenters. The van der Waals surface area contributed by atoms with Gasteiger partial charge in [0.1, 0.15) is 0 Å². The van der Waals surface area contributed by atoms with Gasteiger partial charge in [0, 0.05) is 24.1 Å². The van der Waals surface area contributed by atoms with E-state index in [1.54, 1.807) is 21.6 Å². The van der Waals surface area contributed by atoms with E-state index >= 15 is 0 Å². The Kier molecular flexibility index (Phi) is 2.97. The van der Waals surface area contributed by atoms with Crippen LogP contribution < -0.4 is 5.56 Å². The largest absolute Gasteiger partial charge is 0.308 e. The zero-order chi connectivity index (χ0) is 13.4. The molecule has 19 heavy (non-hydrogen) atoms. The number of nitrogens with zero attached hydrogens (tertiary/aromatic N) is 4. The summed E-state index contributed by atoms with van der Waals surface area (Å²) in [4.78, 5) is 16.7. The normalized spacial score (nSPS) is 14.8. The second kappa shape index (κ2) is 4.64. The quantitative estimate of drug-likeness (QED) is 0.841. The minimum Gasteiger partial charge on any atom is -0.308 e. The van der Waals surface area contributed by atoms with Crippen molar-refractivity contribution in [2.75, 3.05) is 0 Å². The Morgan fingerprint density at radius 1 is 1.32 bits per heavy atom. The van der Waals surface area contributed by atoms with Gasteiger partial charge in [-0.3, -0.25) is 4.79 Å². The lowest BCUT2D eigenvalue weighted by Crippen LogP contribution is -2.26. The lowest BCUT2D eigenvalue weighted by atomic mass is 10.3. The average Bonchev–Trinajstić information content (AvgIpc) is 3.18. The van der Waals surface area contributed by atoms with Crippen LogP contribution in [0.2, 0.25) is 0 Å². The van der Waals surface area contributed by atoms with E-state index in [0.29, 0.717) is 11.9 Å². The van der Waals surface area contributed by atoms with Crippen molar-refractivity contribution in [2.45, 2.75) is 45.6 Å². The lowest BCUT2D eigenvalue weighted by molar-refractivity contribution is 0.668. The Labute approximate surface area is 111 Å². The second-order valence-corrected chi connectivity index (χ2v) is 4.94. The molecule has 5 nitrogen and oxygen atoms in total. The van der Waals surface area contributed by atoms with Gasteiger partial charge in [-0.2, -0.15) is 5.10 Å². The van der Waals surface area contributed by atoms with Crippen LogP contribution in [0.4, 0.5) is 0 Å². The summed E-state index contributed by atoms with van der Waals surface area (Å²) < 4.78 is 3.50. The van der Waals surface area contributed by atoms with E-state index in [4.69, 9.17) is 0 Å². The number of aromatic nitrogens is 4. The Morgan fingerprint density at radius 2 is 2.11 bits per heavy atom. The summed E-state index contributed by atoms with van der Waals surface area (Å²) in [5.41, 5.74) is 2.00. The van der Waals surface area contributed by atoms with E-state index in [1.807, 2.05) is 0 Å². The molecule has 100 valence electrons. The van der Waals surface area contributed by atoms with Crippen LogP contribution in [0.1, 0.15) is 44.1 Å². The summed E-state index contributed by atoms with van der Waals surface area (Å²) in [6, 6.07) is 2.41. The zero-order valence-electron chi connectivity index (χ0n) is 11.3. The number of hydrogen-bond acceptors (Lipinski definition) is 3. The molecule has 0 N–H and O–H groups in total. The van der Waals surface area contributed by atoms with Crippen LogP contribution in [0.25, 0.3) is 5.82 Å². The van der Waals surface area contributed by atoms with Gasteiger partial charge in [0.15, 0.2) is 0 Å². The molecule has 1 aliphatic rings. The smallest absolute Gasteiger partial charge is 0.295 e. The van der Waals surface area contributed by atoms with Gasteiger partial charge >= 0.3 is 0 Å². The molecule has 0 aliphatic heterocycles. The van der Waals surface area contributed by atoms with Crippen LogP contribution in [0, 0.1) is 0 Å². The molecule has 2 heterocycles. The SMILES string of the molecule is CCc1cc(CC)n(-c2nccn(C3CC3)c2=O)n1. The van der Waals surface area contributed by atoms with E-state index in [2.05, 4.69) is 30.0 Å². The molecule has 1 aliphatic carbocycles. The Hall–Kier alpha value is -1.91. The number of hydrogen-bond donors (Lipinski definition) is 0. The van der Waals surface area contributed by atoms with Crippen LogP contribution in [0.3, 0.4) is 0 Å². The first-order chi connectivity index (χ1) is 9.24. The topological polar surface area (TPSA) is 52.7 Å². The van der Waals surface area contributed by atoms with Gasteiger partial charge < -0.3 is 4.57 Å². The summed E-state index contributed by atoms with van der Waals surface area (Å²) in [7, 11) is 0. The third-order valence-corrected chi connectivity index (χ3v) is 3.55. The van der Waals surface area contributed by atoms with Crippen molar-refractivity contribution in [1.82, 2.24) is 19.3 Å². The van der Waals surface area contributed by atoms with Gasteiger partial charge in [0.2, 0.25) is 5.82 Å². The minimum absolute atomic E-state index is 0.0366. The summed E-state index contributed by atoms with van der Waals surface area (Å²) >= 11 is 0. The molecule has 1 fully saturated rings. The fraction of sp³-hybridized carbons (Fsp3) is 0.500. The molecule has 2 aromatic heterocycles. The fourth-order valence-electron chi connectivity index (χ4n) is 2.28. The number of aryl methyl sites for hydroxylation is 2. The summed E-state index contributed by atoms with van der Waals surface area (Å²) in [6.07, 6.45) is 7.35. The third-order valence-electron chi connectivity index (χ3n) is 3.55. The molecule has 0 unspecified atom stereocenters. The van der Waals surface area contributed by atoms with E-state index in [9.17, 15) is 4.79 Å². The number of rotatable bonds is 4. The maximum atomic E-state index is 12.5. The molecule has 0 radical (unpaired) electrons. The molecule has 2 aromatic rings. The third kappa shape index (κ3) is 2.09.